The van der Waals surface area contributed by atoms with Crippen LogP contribution in [0.2, 0.25) is 10.0 Å². The van der Waals surface area contributed by atoms with E-state index in [0.29, 0.717) is 52.2 Å². The van der Waals surface area contributed by atoms with Gasteiger partial charge in [0.15, 0.2) is 11.3 Å². The highest BCUT2D eigenvalue weighted by Crippen LogP contribution is 2.35. The molecule has 194 valence electrons. The fourth-order valence-corrected chi connectivity index (χ4v) is 6.02. The molecule has 1 aliphatic heterocycles. The standard InChI is InChI=1S/C27H22Cl2N4O4S/c28-18-6-5-17(13-19(18)29)20-14-24(37-31-20)21-15-38-26(30-21)16-7-10-32(11-8-16)25(34)9-12-33-22-3-1-2-4-23(22)36-27(33)35/h1-6,13-16H,7-12H2. The van der Waals surface area contributed by atoms with Crippen LogP contribution in [0.5, 0.6) is 0 Å². The van der Waals surface area contributed by atoms with Crippen LogP contribution in [0.15, 0.2) is 67.6 Å². The number of hydrogen-bond acceptors (Lipinski definition) is 7. The summed E-state index contributed by atoms with van der Waals surface area (Å²) < 4.78 is 12.3. The Morgan fingerprint density at radius 2 is 1.87 bits per heavy atom. The Morgan fingerprint density at radius 3 is 2.68 bits per heavy atom. The van der Waals surface area contributed by atoms with E-state index in [1.807, 2.05) is 40.6 Å². The number of rotatable bonds is 6. The highest BCUT2D eigenvalue weighted by molar-refractivity contribution is 7.10. The van der Waals surface area contributed by atoms with Crippen LogP contribution < -0.4 is 5.76 Å². The van der Waals surface area contributed by atoms with Crippen molar-refractivity contribution in [2.45, 2.75) is 31.7 Å². The van der Waals surface area contributed by atoms with Gasteiger partial charge in [-0.25, -0.2) is 9.78 Å². The third-order valence-corrected chi connectivity index (χ3v) is 8.57. The van der Waals surface area contributed by atoms with E-state index in [9.17, 15) is 9.59 Å². The van der Waals surface area contributed by atoms with Crippen molar-refractivity contribution in [3.8, 4) is 22.7 Å². The van der Waals surface area contributed by atoms with Crippen LogP contribution in [0.3, 0.4) is 0 Å². The minimum absolute atomic E-state index is 0.0388. The summed E-state index contributed by atoms with van der Waals surface area (Å²) in [7, 11) is 0. The molecule has 0 spiro atoms. The number of thiazole rings is 1. The first-order chi connectivity index (χ1) is 18.5. The van der Waals surface area contributed by atoms with Gasteiger partial charge in [0.1, 0.15) is 11.4 Å². The van der Waals surface area contributed by atoms with Crippen molar-refractivity contribution in [3.05, 3.63) is 79.5 Å². The zero-order valence-corrected chi connectivity index (χ0v) is 22.4. The zero-order valence-electron chi connectivity index (χ0n) is 20.1. The van der Waals surface area contributed by atoms with Gasteiger partial charge in [-0.05, 0) is 37.1 Å². The van der Waals surface area contributed by atoms with Crippen LogP contribution in [0, 0.1) is 0 Å². The minimum atomic E-state index is -0.437. The molecule has 3 aromatic heterocycles. The normalized spacial score (nSPS) is 14.4. The number of nitrogens with zero attached hydrogens (tertiary/aromatic N) is 4. The average molecular weight is 569 g/mol. The van der Waals surface area contributed by atoms with Crippen molar-refractivity contribution < 1.29 is 13.7 Å². The largest absolute Gasteiger partial charge is 0.419 e. The Kier molecular flexibility index (Phi) is 6.82. The number of aromatic nitrogens is 3. The van der Waals surface area contributed by atoms with Gasteiger partial charge in [-0.15, -0.1) is 11.3 Å². The maximum absolute atomic E-state index is 12.9. The number of fused-ring (bicyclic) bond motifs is 1. The quantitative estimate of drug-likeness (QED) is 0.233. The fraction of sp³-hybridized carbons (Fsp3) is 0.259. The summed E-state index contributed by atoms with van der Waals surface area (Å²) in [5, 5.41) is 8.10. The molecule has 0 N–H and O–H groups in total. The Morgan fingerprint density at radius 1 is 1.05 bits per heavy atom. The number of para-hydroxylation sites is 2. The molecule has 4 heterocycles. The van der Waals surface area contributed by atoms with Gasteiger partial charge in [0.05, 0.1) is 20.6 Å². The molecule has 11 heteroatoms. The molecule has 1 saturated heterocycles. The van der Waals surface area contributed by atoms with Crippen molar-refractivity contribution in [1.29, 1.82) is 0 Å². The van der Waals surface area contributed by atoms with Gasteiger partial charge in [-0.3, -0.25) is 9.36 Å². The van der Waals surface area contributed by atoms with Gasteiger partial charge in [-0.2, -0.15) is 0 Å². The second-order valence-electron chi connectivity index (χ2n) is 9.17. The number of carbonyl (C=O) groups is 1. The highest BCUT2D eigenvalue weighted by atomic mass is 35.5. The number of aryl methyl sites for hydroxylation is 1. The van der Waals surface area contributed by atoms with Crippen LogP contribution in [-0.2, 0) is 11.3 Å². The molecule has 0 unspecified atom stereocenters. The minimum Gasteiger partial charge on any atom is -0.408 e. The van der Waals surface area contributed by atoms with Crippen molar-refractivity contribution in [1.82, 2.24) is 19.6 Å². The average Bonchev–Trinajstić information content (AvgIpc) is 3.67. The molecule has 38 heavy (non-hydrogen) atoms. The number of carbonyl (C=O) groups excluding carboxylic acids is 1. The predicted molar refractivity (Wildman–Crippen MR) is 147 cm³/mol. The molecule has 1 amide bonds. The lowest BCUT2D eigenvalue weighted by atomic mass is 9.97. The van der Waals surface area contributed by atoms with Gasteiger partial charge in [0.25, 0.3) is 0 Å². The van der Waals surface area contributed by atoms with Crippen molar-refractivity contribution in [2.24, 2.45) is 0 Å². The lowest BCUT2D eigenvalue weighted by Crippen LogP contribution is -2.38. The van der Waals surface area contributed by atoms with Crippen LogP contribution in [0.25, 0.3) is 33.8 Å². The lowest BCUT2D eigenvalue weighted by Gasteiger charge is -2.31. The molecule has 6 rings (SSSR count). The topological polar surface area (TPSA) is 94.4 Å². The van der Waals surface area contributed by atoms with Gasteiger partial charge in [0.2, 0.25) is 5.91 Å². The van der Waals surface area contributed by atoms with E-state index in [1.165, 1.54) is 4.57 Å². The highest BCUT2D eigenvalue weighted by Gasteiger charge is 2.26. The summed E-state index contributed by atoms with van der Waals surface area (Å²) in [5.74, 6) is 0.462. The van der Waals surface area contributed by atoms with Gasteiger partial charge < -0.3 is 13.8 Å². The second kappa shape index (κ2) is 10.4. The van der Waals surface area contributed by atoms with Crippen molar-refractivity contribution in [2.75, 3.05) is 13.1 Å². The van der Waals surface area contributed by atoms with Gasteiger partial charge in [-0.1, -0.05) is 46.6 Å². The summed E-state index contributed by atoms with van der Waals surface area (Å²) in [6.07, 6.45) is 1.92. The molecular formula is C27H22Cl2N4O4S. The summed E-state index contributed by atoms with van der Waals surface area (Å²) in [4.78, 5) is 31.7. The number of amides is 1. The SMILES string of the molecule is O=C(CCn1c(=O)oc2ccccc21)N1CCC(c2nc(-c3cc(-c4ccc(Cl)c(Cl)c4)no3)cs2)CC1. The molecule has 0 saturated carbocycles. The maximum Gasteiger partial charge on any atom is 0.419 e. The lowest BCUT2D eigenvalue weighted by molar-refractivity contribution is -0.132. The van der Waals surface area contributed by atoms with Crippen LogP contribution >= 0.6 is 34.5 Å². The smallest absolute Gasteiger partial charge is 0.408 e. The fourth-order valence-electron chi connectivity index (χ4n) is 4.74. The van der Waals surface area contributed by atoms with Crippen LogP contribution in [-0.4, -0.2) is 38.6 Å². The summed E-state index contributed by atoms with van der Waals surface area (Å²) in [6, 6.07) is 14.4. The summed E-state index contributed by atoms with van der Waals surface area (Å²) >= 11 is 13.7. The molecule has 0 aliphatic carbocycles. The molecule has 2 aromatic carbocycles. The Labute approximate surface area is 231 Å². The zero-order chi connectivity index (χ0) is 26.2. The van der Waals surface area contributed by atoms with E-state index in [1.54, 1.807) is 29.5 Å². The molecule has 0 radical (unpaired) electrons. The first-order valence-electron chi connectivity index (χ1n) is 12.2. The van der Waals surface area contributed by atoms with Crippen molar-refractivity contribution in [3.63, 3.8) is 0 Å². The summed E-state index contributed by atoms with van der Waals surface area (Å²) in [5.41, 5.74) is 3.45. The van der Waals surface area contributed by atoms with Crippen LogP contribution in [0.1, 0.15) is 30.2 Å². The monoisotopic (exact) mass is 568 g/mol. The number of halogens is 2. The van der Waals surface area contributed by atoms with E-state index in [2.05, 4.69) is 5.16 Å². The third-order valence-electron chi connectivity index (χ3n) is 6.82. The predicted octanol–water partition coefficient (Wildman–Crippen LogP) is 6.48. The Hall–Kier alpha value is -3.40. The van der Waals surface area contributed by atoms with Gasteiger partial charge >= 0.3 is 5.76 Å². The second-order valence-corrected chi connectivity index (χ2v) is 10.9. The molecule has 1 aliphatic rings. The van der Waals surface area contributed by atoms with E-state index < -0.39 is 5.76 Å². The molecule has 0 atom stereocenters. The van der Waals surface area contributed by atoms with E-state index in [-0.39, 0.29) is 18.2 Å². The van der Waals surface area contributed by atoms with E-state index in [0.717, 1.165) is 29.1 Å². The molecule has 5 aromatic rings. The number of piperidine rings is 1. The molecule has 0 bridgehead atoms. The third kappa shape index (κ3) is 4.89. The van der Waals surface area contributed by atoms with Crippen LogP contribution in [0.4, 0.5) is 0 Å². The number of likely N-dealkylation sites (tertiary alicyclic amines) is 1. The molecular weight excluding hydrogens is 547 g/mol. The number of benzene rings is 2. The Balaban J connectivity index is 1.06. The molecule has 8 nitrogen and oxygen atoms in total. The first kappa shape index (κ1) is 24.9. The summed E-state index contributed by atoms with van der Waals surface area (Å²) in [6.45, 7) is 1.61. The Bertz CT molecular complexity index is 1680. The molecule has 1 fully saturated rings. The van der Waals surface area contributed by atoms with Gasteiger partial charge in [0, 0.05) is 49.0 Å². The first-order valence-corrected chi connectivity index (χ1v) is 13.8. The number of oxazole rings is 1. The van der Waals surface area contributed by atoms with E-state index >= 15 is 0 Å². The van der Waals surface area contributed by atoms with E-state index in [4.69, 9.17) is 37.1 Å². The van der Waals surface area contributed by atoms with Crippen molar-refractivity contribution >= 4 is 51.5 Å². The number of hydrogen-bond donors (Lipinski definition) is 0. The maximum atomic E-state index is 12.9.